The molecule has 1 aromatic heterocycles. The minimum absolute atomic E-state index is 0.438. The van der Waals surface area contributed by atoms with E-state index in [9.17, 15) is 0 Å². The van der Waals surface area contributed by atoms with Gasteiger partial charge in [0.05, 0.1) is 3.79 Å². The lowest BCUT2D eigenvalue weighted by atomic mass is 9.70. The number of hydrogen-bond donors (Lipinski definition) is 1. The molecule has 2 N–H and O–H groups in total. The van der Waals surface area contributed by atoms with E-state index < -0.39 is 0 Å². The minimum atomic E-state index is 0.438. The maximum absolute atomic E-state index is 6.10. The highest BCUT2D eigenvalue weighted by Crippen LogP contribution is 2.57. The average molecular weight is 300 g/mol. The standard InChI is InChI=1S/C13H18BrNS/c14-12-4-3-11(16-12)7-13(8-15)6-9-1-2-10(13)5-9/h3-4,9-10H,1-2,5-8,15H2. The van der Waals surface area contributed by atoms with E-state index >= 15 is 0 Å². The summed E-state index contributed by atoms with van der Waals surface area (Å²) in [5.74, 6) is 1.89. The van der Waals surface area contributed by atoms with Gasteiger partial charge >= 0.3 is 0 Å². The third kappa shape index (κ3) is 1.77. The van der Waals surface area contributed by atoms with Crippen LogP contribution in [-0.2, 0) is 6.42 Å². The molecule has 1 aromatic rings. The summed E-state index contributed by atoms with van der Waals surface area (Å²) in [5, 5.41) is 0. The van der Waals surface area contributed by atoms with Crippen molar-refractivity contribution in [2.45, 2.75) is 32.1 Å². The molecular weight excluding hydrogens is 282 g/mol. The maximum atomic E-state index is 6.10. The predicted octanol–water partition coefficient (Wildman–Crippen LogP) is 3.82. The van der Waals surface area contributed by atoms with Gasteiger partial charge in [-0.05, 0) is 77.5 Å². The Hall–Kier alpha value is 0.140. The van der Waals surface area contributed by atoms with Crippen LogP contribution in [0, 0.1) is 17.3 Å². The van der Waals surface area contributed by atoms with Gasteiger partial charge in [-0.2, -0.15) is 0 Å². The Morgan fingerprint density at radius 2 is 2.31 bits per heavy atom. The largest absolute Gasteiger partial charge is 0.330 e. The SMILES string of the molecule is NCC1(Cc2ccc(Br)s2)CC2CCC1C2. The van der Waals surface area contributed by atoms with Gasteiger partial charge in [-0.15, -0.1) is 11.3 Å². The molecular formula is C13H18BrNS. The number of hydrogen-bond acceptors (Lipinski definition) is 2. The van der Waals surface area contributed by atoms with Crippen molar-refractivity contribution in [3.05, 3.63) is 20.8 Å². The lowest BCUT2D eigenvalue weighted by molar-refractivity contribution is 0.173. The number of nitrogens with two attached hydrogens (primary N) is 1. The van der Waals surface area contributed by atoms with Crippen molar-refractivity contribution in [2.24, 2.45) is 23.0 Å². The molecule has 88 valence electrons. The molecule has 3 rings (SSSR count). The number of halogens is 1. The Morgan fingerprint density at radius 1 is 1.44 bits per heavy atom. The fourth-order valence-corrected chi connectivity index (χ4v) is 5.53. The summed E-state index contributed by atoms with van der Waals surface area (Å²) in [6.07, 6.45) is 6.92. The summed E-state index contributed by atoms with van der Waals surface area (Å²) in [6.45, 7) is 0.879. The van der Waals surface area contributed by atoms with Crippen molar-refractivity contribution in [3.63, 3.8) is 0 Å². The van der Waals surface area contributed by atoms with Crippen LogP contribution in [0.1, 0.15) is 30.6 Å². The predicted molar refractivity (Wildman–Crippen MR) is 72.7 cm³/mol. The number of fused-ring (bicyclic) bond motifs is 2. The molecule has 2 aliphatic rings. The average Bonchev–Trinajstić information content (AvgIpc) is 2.94. The summed E-state index contributed by atoms with van der Waals surface area (Å²) in [7, 11) is 0. The minimum Gasteiger partial charge on any atom is -0.330 e. The van der Waals surface area contributed by atoms with E-state index in [0.29, 0.717) is 5.41 Å². The molecule has 3 unspecified atom stereocenters. The lowest BCUT2D eigenvalue weighted by Crippen LogP contribution is -2.37. The van der Waals surface area contributed by atoms with Crippen molar-refractivity contribution >= 4 is 27.3 Å². The van der Waals surface area contributed by atoms with Gasteiger partial charge in [-0.25, -0.2) is 0 Å². The van der Waals surface area contributed by atoms with Crippen LogP contribution in [0.3, 0.4) is 0 Å². The Labute approximate surface area is 110 Å². The molecule has 1 heterocycles. The second-order valence-corrected chi connectivity index (χ2v) is 8.08. The molecule has 16 heavy (non-hydrogen) atoms. The summed E-state index contributed by atoms with van der Waals surface area (Å²) in [5.41, 5.74) is 6.54. The molecule has 3 atom stereocenters. The molecule has 2 aliphatic carbocycles. The van der Waals surface area contributed by atoms with Gasteiger partial charge in [0.2, 0.25) is 0 Å². The Bertz CT molecular complexity index is 389. The van der Waals surface area contributed by atoms with Crippen LogP contribution in [0.25, 0.3) is 0 Å². The molecule has 3 heteroatoms. The molecule has 2 fully saturated rings. The first kappa shape index (κ1) is 11.2. The molecule has 0 amide bonds. The normalized spacial score (nSPS) is 37.1. The van der Waals surface area contributed by atoms with Crippen LogP contribution in [0.4, 0.5) is 0 Å². The number of rotatable bonds is 3. The third-order valence-electron chi connectivity index (χ3n) is 4.66. The van der Waals surface area contributed by atoms with Gasteiger partial charge in [-0.1, -0.05) is 6.42 Å². The first-order valence-corrected chi connectivity index (χ1v) is 7.77. The van der Waals surface area contributed by atoms with Crippen LogP contribution in [-0.4, -0.2) is 6.54 Å². The molecule has 1 nitrogen and oxygen atoms in total. The van der Waals surface area contributed by atoms with Crippen LogP contribution < -0.4 is 5.73 Å². The van der Waals surface area contributed by atoms with Crippen molar-refractivity contribution in [3.8, 4) is 0 Å². The highest BCUT2D eigenvalue weighted by Gasteiger charge is 2.49. The molecule has 2 bridgehead atoms. The number of thiophene rings is 1. The first-order valence-electron chi connectivity index (χ1n) is 6.16. The molecule has 0 saturated heterocycles. The molecule has 0 radical (unpaired) electrons. The van der Waals surface area contributed by atoms with E-state index in [0.717, 1.165) is 18.4 Å². The van der Waals surface area contributed by atoms with E-state index in [1.807, 2.05) is 11.3 Å². The summed E-state index contributed by atoms with van der Waals surface area (Å²) < 4.78 is 1.25. The topological polar surface area (TPSA) is 26.0 Å². The second kappa shape index (κ2) is 4.11. The second-order valence-electron chi connectivity index (χ2n) is 5.53. The first-order chi connectivity index (χ1) is 7.72. The third-order valence-corrected chi connectivity index (χ3v) is 6.29. The van der Waals surface area contributed by atoms with E-state index in [1.54, 1.807) is 0 Å². The van der Waals surface area contributed by atoms with Gasteiger partial charge in [-0.3, -0.25) is 0 Å². The quantitative estimate of drug-likeness (QED) is 0.902. The van der Waals surface area contributed by atoms with Crippen LogP contribution in [0.5, 0.6) is 0 Å². The molecule has 0 spiro atoms. The monoisotopic (exact) mass is 299 g/mol. The van der Waals surface area contributed by atoms with Gasteiger partial charge in [0.25, 0.3) is 0 Å². The Kier molecular flexibility index (Phi) is 2.89. The molecule has 0 aliphatic heterocycles. The summed E-state index contributed by atoms with van der Waals surface area (Å²) in [4.78, 5) is 1.50. The van der Waals surface area contributed by atoms with Gasteiger partial charge in [0.1, 0.15) is 0 Å². The molecule has 0 aromatic carbocycles. The van der Waals surface area contributed by atoms with Crippen LogP contribution >= 0.6 is 27.3 Å². The van der Waals surface area contributed by atoms with E-state index in [1.165, 1.54) is 40.8 Å². The zero-order valence-electron chi connectivity index (χ0n) is 9.42. The summed E-state index contributed by atoms with van der Waals surface area (Å²) >= 11 is 5.43. The smallest absolute Gasteiger partial charge is 0.0701 e. The zero-order chi connectivity index (χ0) is 11.2. The van der Waals surface area contributed by atoms with E-state index in [4.69, 9.17) is 5.73 Å². The highest BCUT2D eigenvalue weighted by atomic mass is 79.9. The highest BCUT2D eigenvalue weighted by molar-refractivity contribution is 9.11. The van der Waals surface area contributed by atoms with Crippen molar-refractivity contribution in [1.82, 2.24) is 0 Å². The van der Waals surface area contributed by atoms with Gasteiger partial charge in [0.15, 0.2) is 0 Å². The van der Waals surface area contributed by atoms with Gasteiger partial charge < -0.3 is 5.73 Å². The maximum Gasteiger partial charge on any atom is 0.0701 e. The fraction of sp³-hybridized carbons (Fsp3) is 0.692. The lowest BCUT2D eigenvalue weighted by Gasteiger charge is -2.36. The Morgan fingerprint density at radius 3 is 2.81 bits per heavy atom. The van der Waals surface area contributed by atoms with E-state index in [2.05, 4.69) is 28.1 Å². The van der Waals surface area contributed by atoms with Gasteiger partial charge in [0, 0.05) is 4.88 Å². The van der Waals surface area contributed by atoms with Crippen molar-refractivity contribution in [1.29, 1.82) is 0 Å². The van der Waals surface area contributed by atoms with E-state index in [-0.39, 0.29) is 0 Å². The van der Waals surface area contributed by atoms with Crippen LogP contribution in [0.2, 0.25) is 0 Å². The van der Waals surface area contributed by atoms with Crippen LogP contribution in [0.15, 0.2) is 15.9 Å². The fourth-order valence-electron chi connectivity index (χ4n) is 3.89. The Balaban J connectivity index is 1.81. The van der Waals surface area contributed by atoms with Crippen molar-refractivity contribution < 1.29 is 0 Å². The van der Waals surface area contributed by atoms with Crippen molar-refractivity contribution in [2.75, 3.05) is 6.54 Å². The summed E-state index contributed by atoms with van der Waals surface area (Å²) in [6, 6.07) is 4.43. The zero-order valence-corrected chi connectivity index (χ0v) is 11.8. The molecule has 2 saturated carbocycles.